The number of aliphatic hydroxyl groups is 2. The van der Waals surface area contributed by atoms with E-state index in [0.29, 0.717) is 12.1 Å². The van der Waals surface area contributed by atoms with Gasteiger partial charge in [0.1, 0.15) is 0 Å². The van der Waals surface area contributed by atoms with Crippen LogP contribution < -0.4 is 4.90 Å². The zero-order chi connectivity index (χ0) is 16.5. The van der Waals surface area contributed by atoms with Gasteiger partial charge < -0.3 is 15.3 Å². The molecule has 7 heteroatoms. The fourth-order valence-corrected chi connectivity index (χ4v) is 4.44. The Kier molecular flexibility index (Phi) is 2.88. The molecule has 7 nitrogen and oxygen atoms in total. The van der Waals surface area contributed by atoms with Gasteiger partial charge in [-0.2, -0.15) is 0 Å². The maximum Gasteiger partial charge on any atom is 0.335 e. The van der Waals surface area contributed by atoms with Crippen LogP contribution >= 0.6 is 0 Å². The summed E-state index contributed by atoms with van der Waals surface area (Å²) >= 11 is 0. The van der Waals surface area contributed by atoms with Crippen LogP contribution in [-0.2, 0) is 9.59 Å². The quantitative estimate of drug-likeness (QED) is 0.654. The van der Waals surface area contributed by atoms with Crippen molar-refractivity contribution >= 4 is 23.5 Å². The molecule has 2 bridgehead atoms. The molecule has 2 amide bonds. The van der Waals surface area contributed by atoms with E-state index in [4.69, 9.17) is 5.11 Å². The van der Waals surface area contributed by atoms with Crippen molar-refractivity contribution in [2.75, 3.05) is 4.90 Å². The maximum absolute atomic E-state index is 12.7. The number of carbonyl (C=O) groups excluding carboxylic acids is 2. The molecular weight excluding hydrogens is 302 g/mol. The SMILES string of the molecule is O=C(O)c1ccc(N2C(=O)[C@H]3[C@@H]4C[C@H]([C@H](O)[C@H]4O)[C@@H]3C2=O)cc1. The Labute approximate surface area is 131 Å². The van der Waals surface area contributed by atoms with Crippen molar-refractivity contribution in [1.29, 1.82) is 0 Å². The Morgan fingerprint density at radius 3 is 1.87 bits per heavy atom. The molecule has 1 aliphatic heterocycles. The monoisotopic (exact) mass is 317 g/mol. The predicted molar refractivity (Wildman–Crippen MR) is 76.5 cm³/mol. The van der Waals surface area contributed by atoms with Crippen molar-refractivity contribution in [3.05, 3.63) is 29.8 Å². The lowest BCUT2D eigenvalue weighted by Crippen LogP contribution is -2.43. The number of aliphatic hydroxyl groups excluding tert-OH is 2. The van der Waals surface area contributed by atoms with Crippen LogP contribution in [0.4, 0.5) is 5.69 Å². The van der Waals surface area contributed by atoms with Gasteiger partial charge in [0.15, 0.2) is 0 Å². The van der Waals surface area contributed by atoms with Gasteiger partial charge in [0, 0.05) is 11.8 Å². The zero-order valence-electron chi connectivity index (χ0n) is 12.0. The summed E-state index contributed by atoms with van der Waals surface area (Å²) < 4.78 is 0. The Balaban J connectivity index is 1.68. The highest BCUT2D eigenvalue weighted by Gasteiger charge is 2.67. The molecule has 4 rings (SSSR count). The molecule has 0 spiro atoms. The third kappa shape index (κ3) is 1.74. The zero-order valence-corrected chi connectivity index (χ0v) is 12.0. The molecule has 1 saturated heterocycles. The lowest BCUT2D eigenvalue weighted by Gasteiger charge is -2.29. The minimum Gasteiger partial charge on any atom is -0.478 e. The number of nitrogens with zero attached hydrogens (tertiary/aromatic N) is 1. The fourth-order valence-electron chi connectivity index (χ4n) is 4.44. The number of benzene rings is 1. The number of imide groups is 1. The van der Waals surface area contributed by atoms with Crippen molar-refractivity contribution in [2.45, 2.75) is 18.6 Å². The van der Waals surface area contributed by atoms with E-state index >= 15 is 0 Å². The van der Waals surface area contributed by atoms with Gasteiger partial charge in [-0.25, -0.2) is 4.79 Å². The summed E-state index contributed by atoms with van der Waals surface area (Å²) in [6.45, 7) is 0. The number of anilines is 1. The second kappa shape index (κ2) is 4.62. The minimum atomic E-state index is -1.09. The number of carboxylic acid groups (broad SMARTS) is 1. The average molecular weight is 317 g/mol. The summed E-state index contributed by atoms with van der Waals surface area (Å²) in [6, 6.07) is 5.53. The van der Waals surface area contributed by atoms with Crippen LogP contribution in [0.3, 0.4) is 0 Å². The Bertz CT molecular complexity index is 682. The number of hydrogen-bond donors (Lipinski definition) is 3. The molecule has 3 fully saturated rings. The van der Waals surface area contributed by atoms with Gasteiger partial charge in [-0.05, 0) is 30.7 Å². The van der Waals surface area contributed by atoms with Crippen molar-refractivity contribution < 1.29 is 29.7 Å². The lowest BCUT2D eigenvalue weighted by atomic mass is 9.78. The van der Waals surface area contributed by atoms with Crippen LogP contribution in [0, 0.1) is 23.7 Å². The average Bonchev–Trinajstić information content (AvgIpc) is 3.12. The van der Waals surface area contributed by atoms with Crippen molar-refractivity contribution in [3.8, 4) is 0 Å². The van der Waals surface area contributed by atoms with Gasteiger partial charge in [0.25, 0.3) is 0 Å². The van der Waals surface area contributed by atoms with Crippen molar-refractivity contribution in [3.63, 3.8) is 0 Å². The van der Waals surface area contributed by atoms with Gasteiger partial charge >= 0.3 is 5.97 Å². The van der Waals surface area contributed by atoms with Crippen LogP contribution in [-0.4, -0.2) is 45.3 Å². The standard InChI is InChI=1S/C16H15NO6/c18-12-8-5-9(13(12)19)11-10(8)14(20)17(15(11)21)7-3-1-6(2-4-7)16(22)23/h1-4,8-13,18-19H,5H2,(H,22,23)/t8-,9-,10-,11-,12-,13-/m0/s1. The van der Waals surface area contributed by atoms with Crippen molar-refractivity contribution in [1.82, 2.24) is 0 Å². The number of aromatic carboxylic acids is 1. The molecule has 6 atom stereocenters. The van der Waals surface area contributed by atoms with Crippen LogP contribution in [0.25, 0.3) is 0 Å². The number of hydrogen-bond acceptors (Lipinski definition) is 5. The highest BCUT2D eigenvalue weighted by Crippen LogP contribution is 2.56. The highest BCUT2D eigenvalue weighted by atomic mass is 16.4. The summed E-state index contributed by atoms with van der Waals surface area (Å²) in [6.07, 6.45) is -1.44. The summed E-state index contributed by atoms with van der Waals surface area (Å²) in [4.78, 5) is 37.3. The van der Waals surface area contributed by atoms with Gasteiger partial charge in [0.2, 0.25) is 11.8 Å². The first-order chi connectivity index (χ1) is 10.9. The third-order valence-electron chi connectivity index (χ3n) is 5.46. The fraction of sp³-hybridized carbons (Fsp3) is 0.438. The number of fused-ring (bicyclic) bond motifs is 5. The smallest absolute Gasteiger partial charge is 0.335 e. The van der Waals surface area contributed by atoms with E-state index < -0.39 is 30.0 Å². The van der Waals surface area contributed by atoms with E-state index in [9.17, 15) is 24.6 Å². The topological polar surface area (TPSA) is 115 Å². The van der Waals surface area contributed by atoms with E-state index in [0.717, 1.165) is 4.90 Å². The van der Waals surface area contributed by atoms with E-state index in [2.05, 4.69) is 0 Å². The largest absolute Gasteiger partial charge is 0.478 e. The van der Waals surface area contributed by atoms with Crippen molar-refractivity contribution in [2.24, 2.45) is 23.7 Å². The Morgan fingerprint density at radius 2 is 1.43 bits per heavy atom. The normalized spacial score (nSPS) is 38.3. The summed E-state index contributed by atoms with van der Waals surface area (Å²) in [5.74, 6) is -3.80. The lowest BCUT2D eigenvalue weighted by molar-refractivity contribution is -0.129. The number of carboxylic acids is 1. The Hall–Kier alpha value is -2.25. The minimum absolute atomic E-state index is 0.0685. The molecule has 0 aromatic heterocycles. The first-order valence-corrected chi connectivity index (χ1v) is 7.49. The van der Waals surface area contributed by atoms with E-state index in [1.165, 1.54) is 24.3 Å². The molecule has 3 N–H and O–H groups in total. The second-order valence-corrected chi connectivity index (χ2v) is 6.46. The third-order valence-corrected chi connectivity index (χ3v) is 5.46. The van der Waals surface area contributed by atoms with Crippen LogP contribution in [0.5, 0.6) is 0 Å². The number of amides is 2. The van der Waals surface area contributed by atoms with Gasteiger partial charge in [0.05, 0.1) is 35.3 Å². The van der Waals surface area contributed by atoms with E-state index in [1.807, 2.05) is 0 Å². The van der Waals surface area contributed by atoms with Crippen LogP contribution in [0.15, 0.2) is 24.3 Å². The number of rotatable bonds is 2. The molecule has 0 radical (unpaired) electrons. The molecule has 0 unspecified atom stereocenters. The molecule has 2 saturated carbocycles. The number of carbonyl (C=O) groups is 3. The molecule has 120 valence electrons. The van der Waals surface area contributed by atoms with Gasteiger partial charge in [-0.3, -0.25) is 14.5 Å². The molecule has 3 aliphatic rings. The van der Waals surface area contributed by atoms with E-state index in [1.54, 1.807) is 0 Å². The molecule has 1 heterocycles. The Morgan fingerprint density at radius 1 is 0.957 bits per heavy atom. The molecule has 23 heavy (non-hydrogen) atoms. The highest BCUT2D eigenvalue weighted by molar-refractivity contribution is 6.22. The predicted octanol–water partition coefficient (Wildman–Crippen LogP) is -0.138. The first kappa shape index (κ1) is 14.3. The van der Waals surface area contributed by atoms with Crippen LogP contribution in [0.2, 0.25) is 0 Å². The second-order valence-electron chi connectivity index (χ2n) is 6.46. The summed E-state index contributed by atoms with van der Waals surface area (Å²) in [7, 11) is 0. The van der Waals surface area contributed by atoms with E-state index in [-0.39, 0.29) is 29.2 Å². The van der Waals surface area contributed by atoms with Gasteiger partial charge in [-0.1, -0.05) is 0 Å². The summed E-state index contributed by atoms with van der Waals surface area (Å²) in [5, 5.41) is 28.9. The van der Waals surface area contributed by atoms with Gasteiger partial charge in [-0.15, -0.1) is 0 Å². The summed E-state index contributed by atoms with van der Waals surface area (Å²) in [5.41, 5.74) is 0.390. The molecule has 1 aromatic rings. The van der Waals surface area contributed by atoms with Crippen LogP contribution in [0.1, 0.15) is 16.8 Å². The molecular formula is C16H15NO6. The molecule has 1 aromatic carbocycles. The first-order valence-electron chi connectivity index (χ1n) is 7.49. The molecule has 2 aliphatic carbocycles. The maximum atomic E-state index is 12.7.